The number of nitrogens with zero attached hydrogens (tertiary/aromatic N) is 2. The van der Waals surface area contributed by atoms with Gasteiger partial charge in [-0.1, -0.05) is 48.0 Å². The van der Waals surface area contributed by atoms with Gasteiger partial charge in [-0.15, -0.1) is 0 Å². The number of fused-ring (bicyclic) bond motifs is 2. The smallest absolute Gasteiger partial charge is 0.367 e. The average Bonchev–Trinajstić information content (AvgIpc) is 3.35. The number of hydrogen-bond donors (Lipinski definition) is 2. The molecule has 3 aromatic carbocycles. The highest BCUT2D eigenvalue weighted by molar-refractivity contribution is 6.30. The Hall–Kier alpha value is -4.04. The first-order valence-electron chi connectivity index (χ1n) is 13.1. The number of carbonyl (C=O) groups is 1. The molecule has 0 atom stereocenters. The van der Waals surface area contributed by atoms with Crippen LogP contribution in [0.25, 0.3) is 11.1 Å². The monoisotopic (exact) mass is 562 g/mol. The third-order valence-corrected chi connectivity index (χ3v) is 7.72. The number of alkyl halides is 3. The fourth-order valence-electron chi connectivity index (χ4n) is 5.50. The zero-order valence-electron chi connectivity index (χ0n) is 21.4. The first kappa shape index (κ1) is 26.2. The number of anilines is 2. The number of nitrogens with one attached hydrogen (secondary N) is 2. The molecule has 1 amide bonds. The van der Waals surface area contributed by atoms with Crippen molar-refractivity contribution in [2.24, 2.45) is 0 Å². The molecule has 2 heterocycles. The summed E-state index contributed by atoms with van der Waals surface area (Å²) in [5.74, 6) is 0.490. The van der Waals surface area contributed by atoms with E-state index in [2.05, 4.69) is 27.8 Å². The molecule has 1 aliphatic carbocycles. The molecule has 0 radical (unpaired) electrons. The molecule has 0 bridgehead atoms. The lowest BCUT2D eigenvalue weighted by atomic mass is 10.0. The van der Waals surface area contributed by atoms with Gasteiger partial charge >= 0.3 is 6.18 Å². The minimum atomic E-state index is -4.48. The fraction of sp³-hybridized carbons (Fsp3) is 0.226. The summed E-state index contributed by atoms with van der Waals surface area (Å²) >= 11 is 6.05. The normalized spacial score (nSPS) is 14.8. The first-order chi connectivity index (χ1) is 19.2. The van der Waals surface area contributed by atoms with Gasteiger partial charge in [0.15, 0.2) is 0 Å². The SMILES string of the molecule is O=C(NC1Cc2ccccc2C1)c1ccc(-c2cnc3c(c2)N(Cc2cc(Cl)ccc2C(F)(F)F)CCN3)cc1. The zero-order chi connectivity index (χ0) is 27.9. The Morgan fingerprint density at radius 2 is 1.73 bits per heavy atom. The number of halogens is 4. The van der Waals surface area contributed by atoms with E-state index in [0.717, 1.165) is 30.0 Å². The molecule has 0 fully saturated rings. The number of benzene rings is 3. The number of rotatable bonds is 5. The number of aromatic nitrogens is 1. The van der Waals surface area contributed by atoms with Gasteiger partial charge in [0.05, 0.1) is 11.3 Å². The molecule has 4 aromatic rings. The second kappa shape index (κ2) is 10.5. The van der Waals surface area contributed by atoms with Crippen molar-refractivity contribution in [1.82, 2.24) is 10.3 Å². The molecule has 0 saturated carbocycles. The Labute approximate surface area is 235 Å². The minimum absolute atomic E-state index is 0.0410. The molecular weight excluding hydrogens is 537 g/mol. The van der Waals surface area contributed by atoms with Crippen molar-refractivity contribution in [1.29, 1.82) is 0 Å². The molecular formula is C31H26ClF3N4O. The third kappa shape index (κ3) is 5.36. The van der Waals surface area contributed by atoms with Gasteiger partial charge in [0.2, 0.25) is 0 Å². The summed E-state index contributed by atoms with van der Waals surface area (Å²) in [5, 5.41) is 6.62. The predicted octanol–water partition coefficient (Wildman–Crippen LogP) is 6.75. The summed E-state index contributed by atoms with van der Waals surface area (Å²) in [6.45, 7) is 1.10. The summed E-state index contributed by atoms with van der Waals surface area (Å²) in [5.41, 5.74) is 4.88. The Balaban J connectivity index is 1.20. The molecule has 1 aliphatic heterocycles. The van der Waals surface area contributed by atoms with E-state index in [9.17, 15) is 18.0 Å². The van der Waals surface area contributed by atoms with E-state index in [1.165, 1.54) is 23.3 Å². The maximum Gasteiger partial charge on any atom is 0.416 e. The van der Waals surface area contributed by atoms with Gasteiger partial charge in [-0.05, 0) is 71.5 Å². The van der Waals surface area contributed by atoms with Crippen molar-refractivity contribution in [3.63, 3.8) is 0 Å². The third-order valence-electron chi connectivity index (χ3n) is 7.48. The highest BCUT2D eigenvalue weighted by Gasteiger charge is 2.34. The Morgan fingerprint density at radius 1 is 1.00 bits per heavy atom. The molecule has 5 nitrogen and oxygen atoms in total. The van der Waals surface area contributed by atoms with Crippen LogP contribution in [0.4, 0.5) is 24.7 Å². The van der Waals surface area contributed by atoms with Crippen molar-refractivity contribution >= 4 is 29.0 Å². The van der Waals surface area contributed by atoms with E-state index in [1.807, 2.05) is 35.2 Å². The van der Waals surface area contributed by atoms with Crippen LogP contribution < -0.4 is 15.5 Å². The highest BCUT2D eigenvalue weighted by Crippen LogP contribution is 2.37. The van der Waals surface area contributed by atoms with Gasteiger partial charge < -0.3 is 15.5 Å². The maximum absolute atomic E-state index is 13.7. The highest BCUT2D eigenvalue weighted by atomic mass is 35.5. The lowest BCUT2D eigenvalue weighted by Gasteiger charge is -2.32. The molecule has 1 aromatic heterocycles. The molecule has 0 unspecified atom stereocenters. The van der Waals surface area contributed by atoms with Gasteiger partial charge in [0.1, 0.15) is 5.82 Å². The molecule has 2 N–H and O–H groups in total. The number of carbonyl (C=O) groups excluding carboxylic acids is 1. The minimum Gasteiger partial charge on any atom is -0.367 e. The van der Waals surface area contributed by atoms with Crippen molar-refractivity contribution < 1.29 is 18.0 Å². The van der Waals surface area contributed by atoms with Gasteiger partial charge in [-0.2, -0.15) is 13.2 Å². The summed E-state index contributed by atoms with van der Waals surface area (Å²) in [7, 11) is 0. The fourth-order valence-corrected chi connectivity index (χ4v) is 5.70. The van der Waals surface area contributed by atoms with E-state index < -0.39 is 11.7 Å². The van der Waals surface area contributed by atoms with Crippen molar-refractivity contribution in [2.75, 3.05) is 23.3 Å². The van der Waals surface area contributed by atoms with Crippen molar-refractivity contribution in [2.45, 2.75) is 31.6 Å². The van der Waals surface area contributed by atoms with E-state index in [4.69, 9.17) is 11.6 Å². The summed E-state index contributed by atoms with van der Waals surface area (Å²) in [4.78, 5) is 19.3. The lowest BCUT2D eigenvalue weighted by Crippen LogP contribution is -2.35. The van der Waals surface area contributed by atoms with Crippen LogP contribution in [-0.2, 0) is 25.6 Å². The van der Waals surface area contributed by atoms with Crippen LogP contribution >= 0.6 is 11.6 Å². The number of hydrogen-bond acceptors (Lipinski definition) is 4. The lowest BCUT2D eigenvalue weighted by molar-refractivity contribution is -0.138. The summed E-state index contributed by atoms with van der Waals surface area (Å²) in [6.07, 6.45) is -1.11. The van der Waals surface area contributed by atoms with Crippen LogP contribution in [0.3, 0.4) is 0 Å². The van der Waals surface area contributed by atoms with Crippen molar-refractivity contribution in [3.05, 3.63) is 112 Å². The topological polar surface area (TPSA) is 57.3 Å². The van der Waals surface area contributed by atoms with E-state index in [0.29, 0.717) is 30.2 Å². The summed E-state index contributed by atoms with van der Waals surface area (Å²) < 4.78 is 41.0. The Bertz CT molecular complexity index is 1550. The molecule has 0 saturated heterocycles. The maximum atomic E-state index is 13.7. The largest absolute Gasteiger partial charge is 0.416 e. The first-order valence-corrected chi connectivity index (χ1v) is 13.4. The molecule has 0 spiro atoms. The molecule has 40 heavy (non-hydrogen) atoms. The van der Waals surface area contributed by atoms with Crippen LogP contribution in [0.15, 0.2) is 79.0 Å². The summed E-state index contributed by atoms with van der Waals surface area (Å²) in [6, 6.07) is 21.2. The quantitative estimate of drug-likeness (QED) is 0.282. The molecule has 6 rings (SSSR count). The van der Waals surface area contributed by atoms with E-state index >= 15 is 0 Å². The van der Waals surface area contributed by atoms with E-state index in [-0.39, 0.29) is 29.1 Å². The van der Waals surface area contributed by atoms with Crippen LogP contribution in [0.1, 0.15) is 32.6 Å². The Morgan fingerprint density at radius 3 is 2.42 bits per heavy atom. The van der Waals surface area contributed by atoms with Crippen LogP contribution in [0.2, 0.25) is 5.02 Å². The predicted molar refractivity (Wildman–Crippen MR) is 151 cm³/mol. The van der Waals surface area contributed by atoms with E-state index in [1.54, 1.807) is 18.3 Å². The van der Waals surface area contributed by atoms with Crippen LogP contribution in [-0.4, -0.2) is 30.0 Å². The number of amides is 1. The zero-order valence-corrected chi connectivity index (χ0v) is 22.2. The van der Waals surface area contributed by atoms with Gasteiger partial charge in [-0.3, -0.25) is 4.79 Å². The molecule has 204 valence electrons. The van der Waals surface area contributed by atoms with Crippen LogP contribution in [0.5, 0.6) is 0 Å². The second-order valence-corrected chi connectivity index (χ2v) is 10.6. The van der Waals surface area contributed by atoms with Crippen molar-refractivity contribution in [3.8, 4) is 11.1 Å². The standard InChI is InChI=1S/C31H26ClF3N4O/c32-25-9-10-27(31(33,34)35)24(13-25)18-39-12-11-36-29-28(39)16-23(17-37-29)19-5-7-20(8-6-19)30(40)38-26-14-21-3-1-2-4-22(21)15-26/h1-10,13,16-17,26H,11-12,14-15,18H2,(H,36,37)(H,38,40). The van der Waals surface area contributed by atoms with Gasteiger partial charge in [0.25, 0.3) is 5.91 Å². The van der Waals surface area contributed by atoms with Gasteiger partial charge in [0, 0.05) is 48.0 Å². The molecule has 9 heteroatoms. The van der Waals surface area contributed by atoms with Crippen LogP contribution in [0, 0.1) is 0 Å². The van der Waals surface area contributed by atoms with Gasteiger partial charge in [-0.25, -0.2) is 4.98 Å². The molecule has 2 aliphatic rings. The number of pyridine rings is 1. The second-order valence-electron chi connectivity index (χ2n) is 10.2. The average molecular weight is 563 g/mol. The Kier molecular flexibility index (Phi) is 6.88.